The molecule has 0 amide bonds. The summed E-state index contributed by atoms with van der Waals surface area (Å²) in [5, 5.41) is 17.9. The van der Waals surface area contributed by atoms with Crippen molar-refractivity contribution in [2.75, 3.05) is 0 Å². The molecule has 0 atom stereocenters. The number of carboxylic acids is 1. The predicted molar refractivity (Wildman–Crippen MR) is 83.4 cm³/mol. The van der Waals surface area contributed by atoms with Gasteiger partial charge in [-0.05, 0) is 22.9 Å². The van der Waals surface area contributed by atoms with Crippen molar-refractivity contribution >= 4 is 34.6 Å². The van der Waals surface area contributed by atoms with Gasteiger partial charge in [0, 0.05) is 0 Å². The van der Waals surface area contributed by atoms with Gasteiger partial charge in [0.1, 0.15) is 11.3 Å². The fraction of sp³-hybridized carbons (Fsp3) is 0. The normalized spacial score (nSPS) is 10.5. The number of carbonyl (C=O) groups excluding carboxylic acids is 1. The molecular weight excluding hydrogens is 320 g/mol. The van der Waals surface area contributed by atoms with E-state index in [-0.39, 0.29) is 22.3 Å². The van der Waals surface area contributed by atoms with Gasteiger partial charge in [0.2, 0.25) is 0 Å². The number of aromatic carboxylic acids is 1. The first-order valence-corrected chi connectivity index (χ1v) is 6.89. The average Bonchev–Trinajstić information content (AvgIpc) is 2.56. The van der Waals surface area contributed by atoms with Crippen molar-refractivity contribution in [3.05, 3.63) is 58.7 Å². The SMILES string of the molecule is O=Cc1c(Oc2nnc(Cl)cc2C(=O)O)ccc2ccccc12. The molecule has 1 N–H and O–H groups in total. The van der Waals surface area contributed by atoms with Crippen LogP contribution in [0.2, 0.25) is 5.15 Å². The van der Waals surface area contributed by atoms with E-state index < -0.39 is 5.97 Å². The molecule has 114 valence electrons. The van der Waals surface area contributed by atoms with Crippen LogP contribution in [0.1, 0.15) is 20.7 Å². The minimum absolute atomic E-state index is 0.0659. The molecule has 2 aromatic carbocycles. The fourth-order valence-electron chi connectivity index (χ4n) is 2.18. The Morgan fingerprint density at radius 2 is 1.96 bits per heavy atom. The minimum atomic E-state index is -1.26. The predicted octanol–water partition coefficient (Wildman–Crippen LogP) is 3.59. The first-order chi connectivity index (χ1) is 11.1. The second-order valence-corrected chi connectivity index (χ2v) is 5.00. The van der Waals surface area contributed by atoms with Crippen LogP contribution in [-0.4, -0.2) is 27.6 Å². The number of ether oxygens (including phenoxy) is 1. The van der Waals surface area contributed by atoms with Gasteiger partial charge >= 0.3 is 5.97 Å². The van der Waals surface area contributed by atoms with Crippen LogP contribution in [0, 0.1) is 0 Å². The second-order valence-electron chi connectivity index (χ2n) is 4.61. The van der Waals surface area contributed by atoms with Gasteiger partial charge in [0.15, 0.2) is 11.4 Å². The Morgan fingerprint density at radius 1 is 1.17 bits per heavy atom. The number of carboxylic acid groups (broad SMARTS) is 1. The molecule has 0 aliphatic rings. The van der Waals surface area contributed by atoms with E-state index in [2.05, 4.69) is 10.2 Å². The van der Waals surface area contributed by atoms with Crippen molar-refractivity contribution < 1.29 is 19.4 Å². The number of rotatable bonds is 4. The molecule has 0 bridgehead atoms. The summed E-state index contributed by atoms with van der Waals surface area (Å²) in [7, 11) is 0. The van der Waals surface area contributed by atoms with Gasteiger partial charge in [0.25, 0.3) is 5.88 Å². The van der Waals surface area contributed by atoms with Crippen molar-refractivity contribution in [2.24, 2.45) is 0 Å². The van der Waals surface area contributed by atoms with E-state index in [4.69, 9.17) is 16.3 Å². The van der Waals surface area contributed by atoms with E-state index in [1.165, 1.54) is 0 Å². The van der Waals surface area contributed by atoms with Crippen LogP contribution in [0.5, 0.6) is 11.6 Å². The number of halogens is 1. The van der Waals surface area contributed by atoms with E-state index in [9.17, 15) is 14.7 Å². The highest BCUT2D eigenvalue weighted by atomic mass is 35.5. The summed E-state index contributed by atoms with van der Waals surface area (Å²) in [6.07, 6.45) is 0.654. The molecule has 0 aliphatic carbocycles. The molecule has 0 spiro atoms. The van der Waals surface area contributed by atoms with Crippen LogP contribution in [0.3, 0.4) is 0 Å². The largest absolute Gasteiger partial charge is 0.477 e. The van der Waals surface area contributed by atoms with Crippen molar-refractivity contribution in [1.82, 2.24) is 10.2 Å². The molecule has 0 saturated heterocycles. The monoisotopic (exact) mass is 328 g/mol. The smallest absolute Gasteiger partial charge is 0.341 e. The molecule has 0 fully saturated rings. The van der Waals surface area contributed by atoms with E-state index in [0.29, 0.717) is 17.2 Å². The number of benzene rings is 2. The number of carbonyl (C=O) groups is 2. The third-order valence-electron chi connectivity index (χ3n) is 3.22. The van der Waals surface area contributed by atoms with Crippen molar-refractivity contribution in [3.63, 3.8) is 0 Å². The van der Waals surface area contributed by atoms with E-state index in [1.807, 2.05) is 12.1 Å². The Bertz CT molecular complexity index is 927. The van der Waals surface area contributed by atoms with Crippen LogP contribution in [0.25, 0.3) is 10.8 Å². The zero-order valence-corrected chi connectivity index (χ0v) is 12.3. The summed E-state index contributed by atoms with van der Waals surface area (Å²) in [6, 6.07) is 11.8. The topological polar surface area (TPSA) is 89.4 Å². The van der Waals surface area contributed by atoms with Crippen LogP contribution >= 0.6 is 11.6 Å². The maximum atomic E-state index is 11.5. The molecule has 7 heteroatoms. The van der Waals surface area contributed by atoms with E-state index in [0.717, 1.165) is 11.5 Å². The number of hydrogen-bond donors (Lipinski definition) is 1. The summed E-state index contributed by atoms with van der Waals surface area (Å²) in [6.45, 7) is 0. The number of nitrogens with zero attached hydrogens (tertiary/aromatic N) is 2. The van der Waals surface area contributed by atoms with E-state index >= 15 is 0 Å². The van der Waals surface area contributed by atoms with Crippen LogP contribution in [0.4, 0.5) is 0 Å². The van der Waals surface area contributed by atoms with Crippen molar-refractivity contribution in [2.45, 2.75) is 0 Å². The van der Waals surface area contributed by atoms with Crippen LogP contribution in [-0.2, 0) is 0 Å². The molecule has 1 heterocycles. The second kappa shape index (κ2) is 6.02. The Balaban J connectivity index is 2.12. The molecule has 0 aliphatic heterocycles. The third kappa shape index (κ3) is 2.84. The Kier molecular flexibility index (Phi) is 3.91. The highest BCUT2D eigenvalue weighted by Gasteiger charge is 2.17. The zero-order valence-electron chi connectivity index (χ0n) is 11.6. The zero-order chi connectivity index (χ0) is 16.4. The Labute approximate surface area is 135 Å². The molecule has 3 rings (SSSR count). The number of hydrogen-bond acceptors (Lipinski definition) is 5. The lowest BCUT2D eigenvalue weighted by atomic mass is 10.0. The van der Waals surface area contributed by atoms with Gasteiger partial charge < -0.3 is 9.84 Å². The van der Waals surface area contributed by atoms with E-state index in [1.54, 1.807) is 24.3 Å². The summed E-state index contributed by atoms with van der Waals surface area (Å²) >= 11 is 5.65. The molecular formula is C16H9ClN2O4. The van der Waals surface area contributed by atoms with Gasteiger partial charge in [-0.15, -0.1) is 10.2 Å². The molecule has 0 saturated carbocycles. The lowest BCUT2D eigenvalue weighted by Gasteiger charge is -2.10. The van der Waals surface area contributed by atoms with Gasteiger partial charge in [-0.3, -0.25) is 4.79 Å². The molecule has 6 nitrogen and oxygen atoms in total. The standard InChI is InChI=1S/C16H9ClN2O4/c17-14-7-11(16(21)22)15(19-18-14)23-13-6-5-9-3-1-2-4-10(9)12(13)8-20/h1-8H,(H,21,22). The summed E-state index contributed by atoms with van der Waals surface area (Å²) in [5.41, 5.74) is 0.0613. The highest BCUT2D eigenvalue weighted by Crippen LogP contribution is 2.31. The minimum Gasteiger partial charge on any atom is -0.477 e. The number of fused-ring (bicyclic) bond motifs is 1. The van der Waals surface area contributed by atoms with Gasteiger partial charge in [-0.2, -0.15) is 0 Å². The fourth-order valence-corrected chi connectivity index (χ4v) is 2.32. The lowest BCUT2D eigenvalue weighted by Crippen LogP contribution is -2.04. The summed E-state index contributed by atoms with van der Waals surface area (Å²) < 4.78 is 5.51. The van der Waals surface area contributed by atoms with Crippen LogP contribution in [0.15, 0.2) is 42.5 Å². The highest BCUT2D eigenvalue weighted by molar-refractivity contribution is 6.29. The van der Waals surface area contributed by atoms with Crippen molar-refractivity contribution in [1.29, 1.82) is 0 Å². The maximum absolute atomic E-state index is 11.5. The maximum Gasteiger partial charge on any atom is 0.341 e. The first-order valence-electron chi connectivity index (χ1n) is 6.51. The summed E-state index contributed by atoms with van der Waals surface area (Å²) in [5.74, 6) is -1.30. The average molecular weight is 329 g/mol. The third-order valence-corrected chi connectivity index (χ3v) is 3.40. The molecule has 3 aromatic rings. The van der Waals surface area contributed by atoms with Gasteiger partial charge in [-0.1, -0.05) is 41.9 Å². The van der Waals surface area contributed by atoms with Gasteiger partial charge in [0.05, 0.1) is 5.56 Å². The molecule has 23 heavy (non-hydrogen) atoms. The quantitative estimate of drug-likeness (QED) is 0.736. The van der Waals surface area contributed by atoms with Crippen molar-refractivity contribution in [3.8, 4) is 11.6 Å². The summed E-state index contributed by atoms with van der Waals surface area (Å²) in [4.78, 5) is 22.7. The molecule has 0 radical (unpaired) electrons. The Morgan fingerprint density at radius 3 is 2.70 bits per heavy atom. The Hall–Kier alpha value is -2.99. The molecule has 0 unspecified atom stereocenters. The first kappa shape index (κ1) is 14.9. The number of aromatic nitrogens is 2. The van der Waals surface area contributed by atoms with Crippen LogP contribution < -0.4 is 4.74 Å². The molecule has 1 aromatic heterocycles. The van der Waals surface area contributed by atoms with Gasteiger partial charge in [-0.25, -0.2) is 4.79 Å². The number of aldehydes is 1. The lowest BCUT2D eigenvalue weighted by molar-refractivity contribution is 0.0693.